The van der Waals surface area contributed by atoms with Crippen molar-refractivity contribution in [3.05, 3.63) is 0 Å². The Morgan fingerprint density at radius 2 is 2.19 bits per heavy atom. The number of carbonyl (C=O) groups is 1. The summed E-state index contributed by atoms with van der Waals surface area (Å²) in [6, 6.07) is 0. The fourth-order valence-electron chi connectivity index (χ4n) is 2.01. The second kappa shape index (κ2) is 5.99. The van der Waals surface area contributed by atoms with Crippen LogP contribution in [-0.4, -0.2) is 29.7 Å². The lowest BCUT2D eigenvalue weighted by atomic mass is 9.96. The van der Waals surface area contributed by atoms with Crippen molar-refractivity contribution < 1.29 is 4.79 Å². The van der Waals surface area contributed by atoms with Crippen molar-refractivity contribution in [2.75, 3.05) is 13.1 Å². The zero-order valence-electron chi connectivity index (χ0n) is 10.6. The topological polar surface area (TPSA) is 58.7 Å². The van der Waals surface area contributed by atoms with Gasteiger partial charge in [-0.15, -0.1) is 0 Å². The Hall–Kier alpha value is -0.900. The first-order valence-electron chi connectivity index (χ1n) is 6.19. The lowest BCUT2D eigenvalue weighted by Crippen LogP contribution is -2.31. The summed E-state index contributed by atoms with van der Waals surface area (Å²) in [4.78, 5) is 12.1. The molecule has 0 aromatic rings. The minimum atomic E-state index is -0.0521. The van der Waals surface area contributed by atoms with Crippen LogP contribution in [0.1, 0.15) is 40.0 Å². The number of amides is 1. The molecule has 92 valence electrons. The smallest absolute Gasteiger partial charge is 0.251 e. The van der Waals surface area contributed by atoms with Gasteiger partial charge in [-0.05, 0) is 25.3 Å². The number of hydrogen-bond donors (Lipinski definition) is 1. The molecular formula is C12H23N3O. The fraction of sp³-hybridized carbons (Fsp3) is 0.833. The highest BCUT2D eigenvalue weighted by Gasteiger charge is 2.34. The molecule has 1 aliphatic heterocycles. The first-order chi connectivity index (χ1) is 7.60. The Morgan fingerprint density at radius 1 is 1.50 bits per heavy atom. The van der Waals surface area contributed by atoms with Crippen LogP contribution >= 0.6 is 0 Å². The SMILES string of the molecule is CCCC1=NN(CC(C)C)C(=O)C1CCN. The number of hydrogen-bond acceptors (Lipinski definition) is 3. The normalized spacial score (nSPS) is 20.8. The molecule has 0 aliphatic carbocycles. The predicted molar refractivity (Wildman–Crippen MR) is 66.1 cm³/mol. The third kappa shape index (κ3) is 3.04. The first kappa shape index (κ1) is 13.2. The van der Waals surface area contributed by atoms with E-state index in [1.54, 1.807) is 5.01 Å². The van der Waals surface area contributed by atoms with Crippen molar-refractivity contribution in [3.63, 3.8) is 0 Å². The second-order valence-corrected chi connectivity index (χ2v) is 4.79. The van der Waals surface area contributed by atoms with Crippen LogP contribution < -0.4 is 5.73 Å². The van der Waals surface area contributed by atoms with E-state index in [0.717, 1.165) is 25.0 Å². The van der Waals surface area contributed by atoms with Gasteiger partial charge < -0.3 is 5.73 Å². The van der Waals surface area contributed by atoms with Gasteiger partial charge >= 0.3 is 0 Å². The summed E-state index contributed by atoms with van der Waals surface area (Å²) >= 11 is 0. The van der Waals surface area contributed by atoms with Gasteiger partial charge in [-0.25, -0.2) is 5.01 Å². The summed E-state index contributed by atoms with van der Waals surface area (Å²) in [5, 5.41) is 6.08. The minimum Gasteiger partial charge on any atom is -0.330 e. The van der Waals surface area contributed by atoms with Crippen molar-refractivity contribution in [2.45, 2.75) is 40.0 Å². The molecule has 0 spiro atoms. The van der Waals surface area contributed by atoms with E-state index in [9.17, 15) is 4.79 Å². The summed E-state index contributed by atoms with van der Waals surface area (Å²) in [6.45, 7) is 7.57. The maximum absolute atomic E-state index is 12.1. The molecule has 1 unspecified atom stereocenters. The molecular weight excluding hydrogens is 202 g/mol. The maximum atomic E-state index is 12.1. The van der Waals surface area contributed by atoms with Crippen LogP contribution in [-0.2, 0) is 4.79 Å². The second-order valence-electron chi connectivity index (χ2n) is 4.79. The molecule has 1 atom stereocenters. The first-order valence-corrected chi connectivity index (χ1v) is 6.19. The third-order valence-corrected chi connectivity index (χ3v) is 2.70. The molecule has 1 rings (SSSR count). The molecule has 1 amide bonds. The van der Waals surface area contributed by atoms with Crippen molar-refractivity contribution in [3.8, 4) is 0 Å². The molecule has 2 N–H and O–H groups in total. The highest BCUT2D eigenvalue weighted by atomic mass is 16.2. The van der Waals surface area contributed by atoms with Crippen molar-refractivity contribution >= 4 is 11.6 Å². The van der Waals surface area contributed by atoms with Gasteiger partial charge in [0.15, 0.2) is 0 Å². The Kier molecular flexibility index (Phi) is 4.93. The largest absolute Gasteiger partial charge is 0.330 e. The zero-order valence-corrected chi connectivity index (χ0v) is 10.6. The Balaban J connectivity index is 2.72. The molecule has 0 bridgehead atoms. The summed E-state index contributed by atoms with van der Waals surface area (Å²) in [5.41, 5.74) is 6.58. The van der Waals surface area contributed by atoms with Gasteiger partial charge in [-0.3, -0.25) is 4.79 Å². The van der Waals surface area contributed by atoms with Gasteiger partial charge in [0.2, 0.25) is 0 Å². The molecule has 1 aliphatic rings. The number of hydrazone groups is 1. The van der Waals surface area contributed by atoms with Crippen molar-refractivity contribution in [1.82, 2.24) is 5.01 Å². The van der Waals surface area contributed by atoms with E-state index in [0.29, 0.717) is 19.0 Å². The number of nitrogens with two attached hydrogens (primary N) is 1. The Morgan fingerprint density at radius 3 is 2.69 bits per heavy atom. The molecule has 0 radical (unpaired) electrons. The summed E-state index contributed by atoms with van der Waals surface area (Å²) < 4.78 is 0. The third-order valence-electron chi connectivity index (χ3n) is 2.70. The molecule has 4 nitrogen and oxygen atoms in total. The Bertz CT molecular complexity index is 273. The Labute approximate surface area is 97.9 Å². The number of nitrogens with zero attached hydrogens (tertiary/aromatic N) is 2. The summed E-state index contributed by atoms with van der Waals surface area (Å²) in [5.74, 6) is 0.540. The standard InChI is InChI=1S/C12H23N3O/c1-4-5-11-10(6-7-13)12(16)15(14-11)8-9(2)3/h9-10H,4-8,13H2,1-3H3. The van der Waals surface area contributed by atoms with Gasteiger partial charge in [-0.1, -0.05) is 27.2 Å². The van der Waals surface area contributed by atoms with Crippen LogP contribution in [0.25, 0.3) is 0 Å². The molecule has 4 heteroatoms. The number of rotatable bonds is 6. The van der Waals surface area contributed by atoms with Gasteiger partial charge in [0.05, 0.1) is 11.6 Å². The average molecular weight is 225 g/mol. The highest BCUT2D eigenvalue weighted by Crippen LogP contribution is 2.22. The summed E-state index contributed by atoms with van der Waals surface area (Å²) in [6.07, 6.45) is 2.67. The van der Waals surface area contributed by atoms with E-state index >= 15 is 0 Å². The minimum absolute atomic E-state index is 0.0521. The van der Waals surface area contributed by atoms with Crippen LogP contribution in [0.5, 0.6) is 0 Å². The van der Waals surface area contributed by atoms with Crippen LogP contribution in [0.4, 0.5) is 0 Å². The predicted octanol–water partition coefficient (Wildman–Crippen LogP) is 1.61. The quantitative estimate of drug-likeness (QED) is 0.746. The van der Waals surface area contributed by atoms with E-state index < -0.39 is 0 Å². The molecule has 16 heavy (non-hydrogen) atoms. The van der Waals surface area contributed by atoms with Crippen LogP contribution in [0.15, 0.2) is 5.10 Å². The van der Waals surface area contributed by atoms with E-state index in [1.165, 1.54) is 0 Å². The maximum Gasteiger partial charge on any atom is 0.251 e. The van der Waals surface area contributed by atoms with Crippen LogP contribution in [0.2, 0.25) is 0 Å². The molecule has 0 fully saturated rings. The van der Waals surface area contributed by atoms with E-state index in [4.69, 9.17) is 5.73 Å². The number of carbonyl (C=O) groups excluding carboxylic acids is 1. The summed E-state index contributed by atoms with van der Waals surface area (Å²) in [7, 11) is 0. The monoisotopic (exact) mass is 225 g/mol. The van der Waals surface area contributed by atoms with Gasteiger partial charge in [-0.2, -0.15) is 5.10 Å². The van der Waals surface area contributed by atoms with Crippen LogP contribution in [0.3, 0.4) is 0 Å². The van der Waals surface area contributed by atoms with Gasteiger partial charge in [0.1, 0.15) is 0 Å². The molecule has 0 aromatic heterocycles. The highest BCUT2D eigenvalue weighted by molar-refractivity contribution is 6.07. The van der Waals surface area contributed by atoms with E-state index in [2.05, 4.69) is 25.9 Å². The molecule has 1 heterocycles. The van der Waals surface area contributed by atoms with E-state index in [1.807, 2.05) is 0 Å². The van der Waals surface area contributed by atoms with Gasteiger partial charge in [0.25, 0.3) is 5.91 Å². The lowest BCUT2D eigenvalue weighted by molar-refractivity contribution is -0.132. The molecule has 0 saturated heterocycles. The molecule has 0 aromatic carbocycles. The van der Waals surface area contributed by atoms with Crippen molar-refractivity contribution in [1.29, 1.82) is 0 Å². The molecule has 0 saturated carbocycles. The fourth-order valence-corrected chi connectivity index (χ4v) is 2.01. The van der Waals surface area contributed by atoms with Crippen LogP contribution in [0, 0.1) is 11.8 Å². The van der Waals surface area contributed by atoms with Crippen molar-refractivity contribution in [2.24, 2.45) is 22.7 Å². The van der Waals surface area contributed by atoms with Gasteiger partial charge in [0, 0.05) is 6.54 Å². The average Bonchev–Trinajstić information content (AvgIpc) is 2.47. The lowest BCUT2D eigenvalue weighted by Gasteiger charge is -2.15. The zero-order chi connectivity index (χ0) is 12.1. The van der Waals surface area contributed by atoms with E-state index in [-0.39, 0.29) is 11.8 Å².